The van der Waals surface area contributed by atoms with Gasteiger partial charge in [-0.2, -0.15) is 0 Å². The Kier molecular flexibility index (Phi) is 10.3. The zero-order valence-electron chi connectivity index (χ0n) is 20.9. The molecule has 3 aromatic rings. The summed E-state index contributed by atoms with van der Waals surface area (Å²) in [4.78, 5) is 18.6. The molecule has 1 amide bonds. The zero-order chi connectivity index (χ0) is 24.9. The van der Waals surface area contributed by atoms with Gasteiger partial charge in [0.05, 0.1) is 14.2 Å². The Morgan fingerprint density at radius 3 is 2.51 bits per heavy atom. The molecule has 1 N–H and O–H groups in total. The van der Waals surface area contributed by atoms with Crippen LogP contribution in [-0.4, -0.2) is 56.7 Å². The van der Waals surface area contributed by atoms with E-state index in [1.165, 1.54) is 5.56 Å². The highest BCUT2D eigenvalue weighted by atomic mass is 16.5. The van der Waals surface area contributed by atoms with Crippen LogP contribution in [0.3, 0.4) is 0 Å². The predicted molar refractivity (Wildman–Crippen MR) is 142 cm³/mol. The average Bonchev–Trinajstić information content (AvgIpc) is 2.90. The number of rotatable bonds is 13. The van der Waals surface area contributed by atoms with E-state index in [0.29, 0.717) is 13.0 Å². The Hall–Kier alpha value is -3.64. The average molecular weight is 474 g/mol. The van der Waals surface area contributed by atoms with E-state index in [2.05, 4.69) is 52.6 Å². The maximum atomic E-state index is 12.1. The Morgan fingerprint density at radius 2 is 1.80 bits per heavy atom. The van der Waals surface area contributed by atoms with Crippen LogP contribution in [0.5, 0.6) is 11.5 Å². The molecule has 1 heterocycles. The highest BCUT2D eigenvalue weighted by Crippen LogP contribution is 2.27. The number of pyridine rings is 1. The number of hydrogen-bond acceptors (Lipinski definition) is 5. The van der Waals surface area contributed by atoms with E-state index in [1.54, 1.807) is 20.4 Å². The van der Waals surface area contributed by atoms with Crippen LogP contribution in [0.1, 0.15) is 24.0 Å². The zero-order valence-corrected chi connectivity index (χ0v) is 20.9. The highest BCUT2D eigenvalue weighted by Gasteiger charge is 2.06. The molecule has 0 unspecified atom stereocenters. The van der Waals surface area contributed by atoms with Gasteiger partial charge in [0.1, 0.15) is 0 Å². The van der Waals surface area contributed by atoms with Gasteiger partial charge in [-0.05, 0) is 66.9 Å². The first-order chi connectivity index (χ1) is 17.1. The fraction of sp³-hybridized carbons (Fsp3) is 0.310. The minimum atomic E-state index is 0.0428. The van der Waals surface area contributed by atoms with Crippen molar-refractivity contribution in [3.8, 4) is 22.6 Å². The first-order valence-corrected chi connectivity index (χ1v) is 11.9. The van der Waals surface area contributed by atoms with Crippen molar-refractivity contribution in [2.45, 2.75) is 19.3 Å². The molecule has 0 aliphatic carbocycles. The number of hydrogen-bond donors (Lipinski definition) is 1. The highest BCUT2D eigenvalue weighted by molar-refractivity contribution is 5.78. The first kappa shape index (κ1) is 26.0. The topological polar surface area (TPSA) is 63.7 Å². The van der Waals surface area contributed by atoms with E-state index in [0.717, 1.165) is 54.1 Å². The lowest BCUT2D eigenvalue weighted by Crippen LogP contribution is -2.28. The molecule has 0 fully saturated rings. The molecule has 3 rings (SSSR count). The quantitative estimate of drug-likeness (QED) is 0.360. The van der Waals surface area contributed by atoms with Crippen LogP contribution in [-0.2, 0) is 11.2 Å². The van der Waals surface area contributed by atoms with Gasteiger partial charge in [0.2, 0.25) is 5.91 Å². The second kappa shape index (κ2) is 13.9. The van der Waals surface area contributed by atoms with E-state index >= 15 is 0 Å². The molecular weight excluding hydrogens is 438 g/mol. The smallest absolute Gasteiger partial charge is 0.223 e. The lowest BCUT2D eigenvalue weighted by atomic mass is 10.1. The predicted octanol–water partition coefficient (Wildman–Crippen LogP) is 4.85. The maximum absolute atomic E-state index is 12.1. The largest absolute Gasteiger partial charge is 0.493 e. The molecule has 6 nitrogen and oxygen atoms in total. The van der Waals surface area contributed by atoms with E-state index in [4.69, 9.17) is 9.47 Å². The van der Waals surface area contributed by atoms with Crippen LogP contribution in [0.15, 0.2) is 73.1 Å². The van der Waals surface area contributed by atoms with Crippen LogP contribution >= 0.6 is 0 Å². The van der Waals surface area contributed by atoms with E-state index in [1.807, 2.05) is 42.6 Å². The molecular formula is C29H35N3O3. The summed E-state index contributed by atoms with van der Waals surface area (Å²) in [6.07, 6.45) is 9.72. The molecule has 1 aromatic heterocycles. The standard InChI is InChI=1S/C29H35N3O3/c1-32(20-16-24-12-15-27(34-2)28(21-24)35-3)19-6-18-31-29(33)9-4-7-23-10-13-25(14-11-23)26-8-5-17-30-22-26/h4-5,7-8,10-15,17,21-22H,6,9,16,18-20H2,1-3H3,(H,31,33)/b7-4+. The number of nitrogens with zero attached hydrogens (tertiary/aromatic N) is 2. The SMILES string of the molecule is COc1ccc(CCN(C)CCCNC(=O)C/C=C/c2ccc(-c3cccnc3)cc2)cc1OC. The third kappa shape index (κ3) is 8.58. The second-order valence-corrected chi connectivity index (χ2v) is 8.42. The second-order valence-electron chi connectivity index (χ2n) is 8.42. The fourth-order valence-electron chi connectivity index (χ4n) is 3.74. The van der Waals surface area contributed by atoms with Crippen LogP contribution in [0.25, 0.3) is 17.2 Å². The van der Waals surface area contributed by atoms with Gasteiger partial charge in [-0.1, -0.05) is 48.6 Å². The number of carbonyl (C=O) groups excluding carboxylic acids is 1. The molecule has 0 radical (unpaired) electrons. The molecule has 0 aliphatic heterocycles. The van der Waals surface area contributed by atoms with Gasteiger partial charge in [-0.15, -0.1) is 0 Å². The van der Waals surface area contributed by atoms with Crippen LogP contribution in [0, 0.1) is 0 Å². The number of ether oxygens (including phenoxy) is 2. The molecule has 0 saturated heterocycles. The first-order valence-electron chi connectivity index (χ1n) is 11.9. The fourth-order valence-corrected chi connectivity index (χ4v) is 3.74. The van der Waals surface area contributed by atoms with Gasteiger partial charge in [-0.3, -0.25) is 9.78 Å². The number of nitrogens with one attached hydrogen (secondary N) is 1. The summed E-state index contributed by atoms with van der Waals surface area (Å²) in [6, 6.07) is 18.2. The van der Waals surface area contributed by atoms with Gasteiger partial charge in [0.25, 0.3) is 0 Å². The molecule has 0 saturated carbocycles. The van der Waals surface area contributed by atoms with Gasteiger partial charge < -0.3 is 19.7 Å². The lowest BCUT2D eigenvalue weighted by Gasteiger charge is -2.17. The van der Waals surface area contributed by atoms with Crippen molar-refractivity contribution in [3.63, 3.8) is 0 Å². The minimum Gasteiger partial charge on any atom is -0.493 e. The van der Waals surface area contributed by atoms with Crippen molar-refractivity contribution in [1.29, 1.82) is 0 Å². The summed E-state index contributed by atoms with van der Waals surface area (Å²) in [5.74, 6) is 1.54. The van der Waals surface area contributed by atoms with Gasteiger partial charge in [-0.25, -0.2) is 0 Å². The lowest BCUT2D eigenvalue weighted by molar-refractivity contribution is -0.120. The van der Waals surface area contributed by atoms with Crippen molar-refractivity contribution in [2.24, 2.45) is 0 Å². The number of methoxy groups -OCH3 is 2. The van der Waals surface area contributed by atoms with Gasteiger partial charge in [0.15, 0.2) is 11.5 Å². The summed E-state index contributed by atoms with van der Waals surface area (Å²) in [5, 5.41) is 3.00. The van der Waals surface area contributed by atoms with Crippen molar-refractivity contribution in [3.05, 3.63) is 84.2 Å². The van der Waals surface area contributed by atoms with Gasteiger partial charge in [0, 0.05) is 31.9 Å². The summed E-state index contributed by atoms with van der Waals surface area (Å²) in [5.41, 5.74) is 4.50. The number of amides is 1. The Labute approximate surface area is 208 Å². The number of carbonyl (C=O) groups is 1. The molecule has 0 atom stereocenters. The van der Waals surface area contributed by atoms with Crippen LogP contribution in [0.4, 0.5) is 0 Å². The molecule has 0 aliphatic rings. The summed E-state index contributed by atoms with van der Waals surface area (Å²) >= 11 is 0. The third-order valence-corrected chi connectivity index (χ3v) is 5.79. The minimum absolute atomic E-state index is 0.0428. The van der Waals surface area contributed by atoms with E-state index in [9.17, 15) is 4.79 Å². The van der Waals surface area contributed by atoms with E-state index < -0.39 is 0 Å². The van der Waals surface area contributed by atoms with Crippen molar-refractivity contribution in [1.82, 2.24) is 15.2 Å². The van der Waals surface area contributed by atoms with Crippen molar-refractivity contribution >= 4 is 12.0 Å². The molecule has 0 bridgehead atoms. The van der Waals surface area contributed by atoms with Gasteiger partial charge >= 0.3 is 0 Å². The monoisotopic (exact) mass is 473 g/mol. The van der Waals surface area contributed by atoms with Crippen molar-refractivity contribution in [2.75, 3.05) is 40.9 Å². The molecule has 6 heteroatoms. The van der Waals surface area contributed by atoms with E-state index in [-0.39, 0.29) is 5.91 Å². The summed E-state index contributed by atoms with van der Waals surface area (Å²) in [6.45, 7) is 2.53. The molecule has 35 heavy (non-hydrogen) atoms. The number of aromatic nitrogens is 1. The number of likely N-dealkylation sites (N-methyl/N-ethyl adjacent to an activating group) is 1. The molecule has 184 valence electrons. The Morgan fingerprint density at radius 1 is 1.00 bits per heavy atom. The summed E-state index contributed by atoms with van der Waals surface area (Å²) < 4.78 is 10.7. The number of benzene rings is 2. The summed E-state index contributed by atoms with van der Waals surface area (Å²) in [7, 11) is 5.40. The van der Waals surface area contributed by atoms with Crippen molar-refractivity contribution < 1.29 is 14.3 Å². The third-order valence-electron chi connectivity index (χ3n) is 5.79. The molecule has 2 aromatic carbocycles. The Bertz CT molecular complexity index is 1080. The molecule has 0 spiro atoms. The Balaban J connectivity index is 1.30. The normalized spacial score (nSPS) is 11.1. The van der Waals surface area contributed by atoms with Crippen LogP contribution in [0.2, 0.25) is 0 Å². The van der Waals surface area contributed by atoms with Crippen LogP contribution < -0.4 is 14.8 Å². The maximum Gasteiger partial charge on any atom is 0.223 e.